The van der Waals surface area contributed by atoms with Crippen LogP contribution in [0, 0.1) is 17.5 Å². The first-order valence-electron chi connectivity index (χ1n) is 11.8. The predicted molar refractivity (Wildman–Crippen MR) is 126 cm³/mol. The van der Waals surface area contributed by atoms with Gasteiger partial charge in [-0.3, -0.25) is 9.88 Å². The second-order valence-electron chi connectivity index (χ2n) is 8.99. The number of likely N-dealkylation sites (tertiary alicyclic amines) is 1. The summed E-state index contributed by atoms with van der Waals surface area (Å²) in [4.78, 5) is 11.4. The van der Waals surface area contributed by atoms with Crippen molar-refractivity contribution in [1.29, 1.82) is 0 Å². The summed E-state index contributed by atoms with van der Waals surface area (Å²) in [6, 6.07) is 9.77. The highest BCUT2D eigenvalue weighted by Gasteiger charge is 2.42. The van der Waals surface area contributed by atoms with E-state index in [0.717, 1.165) is 43.6 Å². The third-order valence-corrected chi connectivity index (χ3v) is 6.81. The first-order valence-corrected chi connectivity index (χ1v) is 11.8. The van der Waals surface area contributed by atoms with Crippen LogP contribution in [0.25, 0.3) is 0 Å². The van der Waals surface area contributed by atoms with Crippen molar-refractivity contribution in [3.05, 3.63) is 100 Å². The molecule has 5 nitrogen and oxygen atoms in total. The highest BCUT2D eigenvalue weighted by atomic mass is 19.2. The van der Waals surface area contributed by atoms with E-state index < -0.39 is 24.1 Å². The second kappa shape index (κ2) is 10.4. The number of ether oxygens (including phenoxy) is 1. The summed E-state index contributed by atoms with van der Waals surface area (Å²) in [6.45, 7) is 1.41. The van der Waals surface area contributed by atoms with Gasteiger partial charge in [0, 0.05) is 54.3 Å². The van der Waals surface area contributed by atoms with Crippen LogP contribution in [0.5, 0.6) is 0 Å². The Balaban J connectivity index is 1.31. The highest BCUT2D eigenvalue weighted by Crippen LogP contribution is 2.43. The van der Waals surface area contributed by atoms with E-state index in [4.69, 9.17) is 9.57 Å². The Labute approximate surface area is 206 Å². The zero-order valence-corrected chi connectivity index (χ0v) is 19.5. The highest BCUT2D eigenvalue weighted by molar-refractivity contribution is 6.12. The van der Waals surface area contributed by atoms with Gasteiger partial charge in [0.1, 0.15) is 24.8 Å². The number of aromatic nitrogens is 1. The predicted octanol–water partition coefficient (Wildman–Crippen LogP) is 5.26. The lowest BCUT2D eigenvalue weighted by Crippen LogP contribution is -2.42. The molecule has 1 saturated heterocycles. The molecule has 188 valence electrons. The zero-order valence-electron chi connectivity index (χ0n) is 19.5. The van der Waals surface area contributed by atoms with Crippen LogP contribution in [0.15, 0.2) is 60.0 Å². The van der Waals surface area contributed by atoms with Gasteiger partial charge in [0.15, 0.2) is 11.6 Å². The van der Waals surface area contributed by atoms with Crippen LogP contribution >= 0.6 is 0 Å². The van der Waals surface area contributed by atoms with E-state index in [1.165, 1.54) is 17.7 Å². The molecule has 2 aliphatic heterocycles. The molecule has 0 unspecified atom stereocenters. The lowest BCUT2D eigenvalue weighted by atomic mass is 9.84. The van der Waals surface area contributed by atoms with Gasteiger partial charge in [0.05, 0.1) is 12.2 Å². The Kier molecular flexibility index (Phi) is 7.02. The molecule has 3 aromatic rings. The zero-order chi connectivity index (χ0) is 25.1. The molecule has 0 aliphatic carbocycles. The molecule has 3 heterocycles. The van der Waals surface area contributed by atoms with Crippen molar-refractivity contribution in [3.8, 4) is 0 Å². The van der Waals surface area contributed by atoms with Crippen molar-refractivity contribution in [2.24, 2.45) is 5.16 Å². The minimum atomic E-state index is -1.07. The number of nitrogens with zero attached hydrogens (tertiary/aromatic N) is 3. The topological polar surface area (TPSA) is 47.0 Å². The summed E-state index contributed by atoms with van der Waals surface area (Å²) in [5, 5.41) is 3.86. The molecule has 0 N–H and O–H groups in total. The number of alkyl halides is 1. The molecule has 1 aromatic heterocycles. The number of hydrogen-bond acceptors (Lipinski definition) is 5. The van der Waals surface area contributed by atoms with Gasteiger partial charge in [-0.25, -0.2) is 17.6 Å². The first kappa shape index (κ1) is 24.4. The average molecular weight is 500 g/mol. The minimum Gasteiger partial charge on any atom is -0.392 e. The van der Waals surface area contributed by atoms with Crippen LogP contribution in [0.3, 0.4) is 0 Å². The molecule has 2 aromatic carbocycles. The molecule has 2 aliphatic rings. The van der Waals surface area contributed by atoms with Gasteiger partial charge in [-0.2, -0.15) is 0 Å². The molecule has 1 fully saturated rings. The molecule has 36 heavy (non-hydrogen) atoms. The molecule has 9 heteroatoms. The lowest BCUT2D eigenvalue weighted by Gasteiger charge is -2.39. The number of piperidine rings is 1. The molecule has 0 amide bonds. The Hall–Kier alpha value is -3.30. The van der Waals surface area contributed by atoms with Crippen molar-refractivity contribution >= 4 is 5.71 Å². The van der Waals surface area contributed by atoms with Gasteiger partial charge in [-0.1, -0.05) is 17.3 Å². The third-order valence-electron chi connectivity index (χ3n) is 6.81. The van der Waals surface area contributed by atoms with E-state index in [0.29, 0.717) is 24.3 Å². The molecule has 0 bridgehead atoms. The smallest absolute Gasteiger partial charge is 0.159 e. The van der Waals surface area contributed by atoms with Crippen molar-refractivity contribution < 1.29 is 27.1 Å². The standard InChI is InChI=1S/C27H25F4N3O2/c28-8-12-36-33-26(19-3-4-23(29)25(31)14-19)18-1-2-20(24(30)13-18)16-34-10-6-27(7-11-34)22-15-32-9-5-21(22)17-35-27/h1-5,9,13-15H,6-8,10-12,16-17H2/b33-26-. The van der Waals surface area contributed by atoms with Gasteiger partial charge in [-0.05, 0) is 48.7 Å². The minimum absolute atomic E-state index is 0.0818. The van der Waals surface area contributed by atoms with Crippen molar-refractivity contribution in [2.75, 3.05) is 26.4 Å². The van der Waals surface area contributed by atoms with E-state index in [9.17, 15) is 13.2 Å². The number of hydrogen-bond donors (Lipinski definition) is 0. The van der Waals surface area contributed by atoms with Gasteiger partial charge in [0.2, 0.25) is 0 Å². The van der Waals surface area contributed by atoms with Gasteiger partial charge in [0.25, 0.3) is 0 Å². The molecule has 1 spiro atoms. The molecular weight excluding hydrogens is 474 g/mol. The van der Waals surface area contributed by atoms with Crippen LogP contribution in [0.1, 0.15) is 40.7 Å². The Morgan fingerprint density at radius 1 is 1.00 bits per heavy atom. The first-order chi connectivity index (χ1) is 17.5. The number of rotatable bonds is 7. The van der Waals surface area contributed by atoms with E-state index in [1.54, 1.807) is 18.3 Å². The summed E-state index contributed by atoms with van der Waals surface area (Å²) in [6.07, 6.45) is 5.26. The summed E-state index contributed by atoms with van der Waals surface area (Å²) >= 11 is 0. The third kappa shape index (κ3) is 4.85. The molecule has 5 rings (SSSR count). The molecule has 0 radical (unpaired) electrons. The maximum atomic E-state index is 15.2. The number of benzene rings is 2. The molecular formula is C27H25F4N3O2. The summed E-state index contributed by atoms with van der Waals surface area (Å²) in [5.74, 6) is -2.55. The van der Waals surface area contributed by atoms with E-state index in [1.807, 2.05) is 12.3 Å². The van der Waals surface area contributed by atoms with Crippen LogP contribution in [-0.2, 0) is 28.3 Å². The second-order valence-corrected chi connectivity index (χ2v) is 8.99. The van der Waals surface area contributed by atoms with Gasteiger partial charge in [-0.15, -0.1) is 0 Å². The van der Waals surface area contributed by atoms with E-state index in [2.05, 4.69) is 15.0 Å². The number of fused-ring (bicyclic) bond motifs is 2. The van der Waals surface area contributed by atoms with Gasteiger partial charge < -0.3 is 9.57 Å². The lowest BCUT2D eigenvalue weighted by molar-refractivity contribution is -0.0801. The number of pyridine rings is 1. The Morgan fingerprint density at radius 2 is 1.75 bits per heavy atom. The summed E-state index contributed by atoms with van der Waals surface area (Å²) in [5.41, 5.74) is 3.08. The quantitative estimate of drug-likeness (QED) is 0.193. The number of oxime groups is 1. The van der Waals surface area contributed by atoms with E-state index in [-0.39, 0.29) is 23.5 Å². The van der Waals surface area contributed by atoms with Crippen molar-refractivity contribution in [2.45, 2.75) is 31.6 Å². The number of halogens is 4. The summed E-state index contributed by atoms with van der Waals surface area (Å²) in [7, 11) is 0. The Bertz CT molecular complexity index is 1280. The fourth-order valence-corrected chi connectivity index (χ4v) is 4.86. The largest absolute Gasteiger partial charge is 0.392 e. The Morgan fingerprint density at radius 3 is 2.47 bits per heavy atom. The SMILES string of the molecule is FCCO/N=C(\c1ccc(F)c(F)c1)c1ccc(CN2CCC3(CC2)OCc2ccncc23)c(F)c1. The fourth-order valence-electron chi connectivity index (χ4n) is 4.86. The maximum absolute atomic E-state index is 15.2. The van der Waals surface area contributed by atoms with E-state index >= 15 is 4.39 Å². The van der Waals surface area contributed by atoms with Crippen molar-refractivity contribution in [1.82, 2.24) is 9.88 Å². The monoisotopic (exact) mass is 499 g/mol. The van der Waals surface area contributed by atoms with Crippen molar-refractivity contribution in [3.63, 3.8) is 0 Å². The van der Waals surface area contributed by atoms with Crippen LogP contribution in [0.4, 0.5) is 17.6 Å². The maximum Gasteiger partial charge on any atom is 0.159 e. The fraction of sp³-hybridized carbons (Fsp3) is 0.333. The molecule has 0 atom stereocenters. The average Bonchev–Trinajstić information content (AvgIpc) is 3.24. The molecule has 0 saturated carbocycles. The van der Waals surface area contributed by atoms with Crippen LogP contribution in [0.2, 0.25) is 0 Å². The van der Waals surface area contributed by atoms with Crippen LogP contribution < -0.4 is 0 Å². The van der Waals surface area contributed by atoms with Gasteiger partial charge >= 0.3 is 0 Å². The summed E-state index contributed by atoms with van der Waals surface area (Å²) < 4.78 is 61.1. The van der Waals surface area contributed by atoms with Crippen LogP contribution in [-0.4, -0.2) is 42.0 Å². The normalized spacial score (nSPS) is 17.4.